The van der Waals surface area contributed by atoms with Crippen LogP contribution >= 0.6 is 11.8 Å². The van der Waals surface area contributed by atoms with E-state index in [1.165, 1.54) is 18.0 Å². The molecule has 1 heterocycles. The summed E-state index contributed by atoms with van der Waals surface area (Å²) < 4.78 is 0. The molecule has 0 bridgehead atoms. The molecule has 2 rings (SSSR count). The number of anilines is 2. The second-order valence-corrected chi connectivity index (χ2v) is 5.78. The van der Waals surface area contributed by atoms with Gasteiger partial charge >= 0.3 is 0 Å². The van der Waals surface area contributed by atoms with Crippen molar-refractivity contribution < 1.29 is 4.79 Å². The van der Waals surface area contributed by atoms with Crippen LogP contribution in [0.25, 0.3) is 0 Å². The van der Waals surface area contributed by atoms with Crippen LogP contribution in [0.5, 0.6) is 0 Å². The molecule has 23 heavy (non-hydrogen) atoms. The molecule has 1 aromatic carbocycles. The number of para-hydroxylation sites is 1. The van der Waals surface area contributed by atoms with Gasteiger partial charge in [0.05, 0.1) is 6.20 Å². The number of thioether (sulfide) groups is 1. The molecule has 0 aliphatic carbocycles. The van der Waals surface area contributed by atoms with Crippen molar-refractivity contribution in [2.45, 2.75) is 24.9 Å². The van der Waals surface area contributed by atoms with Crippen molar-refractivity contribution in [3.05, 3.63) is 41.6 Å². The molecular formula is C16H17N5OS. The maximum atomic E-state index is 12.0. The Bertz CT molecular complexity index is 741. The number of amides is 1. The first-order valence-electron chi connectivity index (χ1n) is 7.17. The SMILES string of the molecule is CCc1ccccc1NC(=O)CCSc1ncc(C#N)c(N)n1. The fourth-order valence-corrected chi connectivity index (χ4v) is 2.69. The molecule has 0 saturated carbocycles. The predicted molar refractivity (Wildman–Crippen MR) is 91.0 cm³/mol. The van der Waals surface area contributed by atoms with Gasteiger partial charge in [0, 0.05) is 17.9 Å². The zero-order chi connectivity index (χ0) is 16.7. The van der Waals surface area contributed by atoms with Crippen LogP contribution < -0.4 is 11.1 Å². The number of hydrogen-bond donors (Lipinski definition) is 2. The molecule has 0 fully saturated rings. The normalized spacial score (nSPS) is 10.1. The molecule has 0 spiro atoms. The number of carbonyl (C=O) groups is 1. The first-order valence-corrected chi connectivity index (χ1v) is 8.15. The summed E-state index contributed by atoms with van der Waals surface area (Å²) in [6, 6.07) is 9.66. The number of hydrogen-bond acceptors (Lipinski definition) is 6. The highest BCUT2D eigenvalue weighted by atomic mass is 32.2. The van der Waals surface area contributed by atoms with E-state index in [0.717, 1.165) is 17.7 Å². The van der Waals surface area contributed by atoms with E-state index in [9.17, 15) is 4.79 Å². The maximum Gasteiger partial charge on any atom is 0.225 e. The number of nitrogens with zero attached hydrogens (tertiary/aromatic N) is 3. The van der Waals surface area contributed by atoms with Gasteiger partial charge in [-0.2, -0.15) is 5.26 Å². The minimum Gasteiger partial charge on any atom is -0.382 e. The molecule has 7 heteroatoms. The Morgan fingerprint density at radius 3 is 2.91 bits per heavy atom. The zero-order valence-electron chi connectivity index (χ0n) is 12.7. The number of aryl methyl sites for hydroxylation is 1. The van der Waals surface area contributed by atoms with E-state index in [2.05, 4.69) is 15.3 Å². The number of nitrogens with one attached hydrogen (secondary N) is 1. The minimum atomic E-state index is -0.0555. The summed E-state index contributed by atoms with van der Waals surface area (Å²) in [4.78, 5) is 20.1. The summed E-state index contributed by atoms with van der Waals surface area (Å²) in [6.07, 6.45) is 2.60. The first-order chi connectivity index (χ1) is 11.1. The standard InChI is InChI=1S/C16H17N5OS/c1-2-11-5-3-4-6-13(11)20-14(22)7-8-23-16-19-10-12(9-17)15(18)21-16/h3-6,10H,2,7-8H2,1H3,(H,20,22)(H2,18,19,21). The van der Waals surface area contributed by atoms with Gasteiger partial charge in [-0.15, -0.1) is 0 Å². The van der Waals surface area contributed by atoms with Crippen LogP contribution in [0, 0.1) is 11.3 Å². The molecule has 2 aromatic rings. The van der Waals surface area contributed by atoms with Crippen LogP contribution in [0.1, 0.15) is 24.5 Å². The molecule has 0 atom stereocenters. The Morgan fingerprint density at radius 1 is 1.43 bits per heavy atom. The first kappa shape index (κ1) is 16.8. The summed E-state index contributed by atoms with van der Waals surface area (Å²) >= 11 is 1.33. The number of rotatable bonds is 6. The van der Waals surface area contributed by atoms with Gasteiger partial charge in [0.2, 0.25) is 5.91 Å². The molecule has 0 unspecified atom stereocenters. The lowest BCUT2D eigenvalue weighted by atomic mass is 10.1. The highest BCUT2D eigenvalue weighted by Gasteiger charge is 2.08. The molecule has 0 aliphatic heterocycles. The van der Waals surface area contributed by atoms with Gasteiger partial charge in [-0.3, -0.25) is 4.79 Å². The van der Waals surface area contributed by atoms with E-state index in [1.807, 2.05) is 37.3 Å². The quantitative estimate of drug-likeness (QED) is 0.624. The lowest BCUT2D eigenvalue weighted by Gasteiger charge is -2.09. The van der Waals surface area contributed by atoms with Crippen LogP contribution in [0.4, 0.5) is 11.5 Å². The minimum absolute atomic E-state index is 0.0555. The van der Waals surface area contributed by atoms with E-state index in [0.29, 0.717) is 17.3 Å². The second kappa shape index (κ2) is 8.15. The maximum absolute atomic E-state index is 12.0. The van der Waals surface area contributed by atoms with Crippen molar-refractivity contribution in [1.29, 1.82) is 5.26 Å². The van der Waals surface area contributed by atoms with Crippen molar-refractivity contribution in [2.75, 3.05) is 16.8 Å². The van der Waals surface area contributed by atoms with E-state index < -0.39 is 0 Å². The molecule has 0 saturated heterocycles. The molecule has 1 amide bonds. The fraction of sp³-hybridized carbons (Fsp3) is 0.250. The third-order valence-corrected chi connectivity index (χ3v) is 4.01. The number of nitrogens with two attached hydrogens (primary N) is 1. The van der Waals surface area contributed by atoms with Gasteiger partial charge in [0.25, 0.3) is 0 Å². The Hall–Kier alpha value is -2.59. The lowest BCUT2D eigenvalue weighted by Crippen LogP contribution is -2.13. The number of nitrogen functional groups attached to an aromatic ring is 1. The van der Waals surface area contributed by atoms with Crippen LogP contribution in [-0.4, -0.2) is 21.6 Å². The largest absolute Gasteiger partial charge is 0.382 e. The van der Waals surface area contributed by atoms with Gasteiger partial charge in [0.1, 0.15) is 17.5 Å². The van der Waals surface area contributed by atoms with Crippen molar-refractivity contribution in [3.8, 4) is 6.07 Å². The monoisotopic (exact) mass is 327 g/mol. The van der Waals surface area contributed by atoms with Gasteiger partial charge < -0.3 is 11.1 Å². The highest BCUT2D eigenvalue weighted by Crippen LogP contribution is 2.18. The van der Waals surface area contributed by atoms with E-state index in [1.54, 1.807) is 0 Å². The van der Waals surface area contributed by atoms with Crippen LogP contribution in [-0.2, 0) is 11.2 Å². The topological polar surface area (TPSA) is 105 Å². The summed E-state index contributed by atoms with van der Waals surface area (Å²) in [5, 5.41) is 12.1. The second-order valence-electron chi connectivity index (χ2n) is 4.72. The van der Waals surface area contributed by atoms with Crippen LogP contribution in [0.3, 0.4) is 0 Å². The predicted octanol–water partition coefficient (Wildman–Crippen LogP) is 2.61. The van der Waals surface area contributed by atoms with Crippen molar-refractivity contribution in [3.63, 3.8) is 0 Å². The van der Waals surface area contributed by atoms with Gasteiger partial charge in [-0.05, 0) is 18.1 Å². The Morgan fingerprint density at radius 2 is 2.22 bits per heavy atom. The van der Waals surface area contributed by atoms with Gasteiger partial charge in [-0.1, -0.05) is 36.9 Å². The van der Waals surface area contributed by atoms with Crippen molar-refractivity contribution in [2.24, 2.45) is 0 Å². The zero-order valence-corrected chi connectivity index (χ0v) is 13.6. The molecule has 0 radical (unpaired) electrons. The molecule has 118 valence electrons. The molecule has 0 aliphatic rings. The van der Waals surface area contributed by atoms with E-state index >= 15 is 0 Å². The number of aromatic nitrogens is 2. The Kier molecular flexibility index (Phi) is 5.94. The van der Waals surface area contributed by atoms with E-state index in [-0.39, 0.29) is 17.3 Å². The summed E-state index contributed by atoms with van der Waals surface area (Å²) in [5.41, 5.74) is 7.84. The van der Waals surface area contributed by atoms with Crippen molar-refractivity contribution in [1.82, 2.24) is 9.97 Å². The van der Waals surface area contributed by atoms with Gasteiger partial charge in [0.15, 0.2) is 5.16 Å². The Labute approximate surface area is 139 Å². The van der Waals surface area contributed by atoms with Crippen LogP contribution in [0.2, 0.25) is 0 Å². The lowest BCUT2D eigenvalue weighted by molar-refractivity contribution is -0.115. The smallest absolute Gasteiger partial charge is 0.225 e. The average molecular weight is 327 g/mol. The molecule has 3 N–H and O–H groups in total. The number of benzene rings is 1. The molecule has 6 nitrogen and oxygen atoms in total. The van der Waals surface area contributed by atoms with Gasteiger partial charge in [-0.25, -0.2) is 9.97 Å². The molecule has 1 aromatic heterocycles. The third-order valence-electron chi connectivity index (χ3n) is 3.15. The summed E-state index contributed by atoms with van der Waals surface area (Å²) in [6.45, 7) is 2.05. The average Bonchev–Trinajstić information content (AvgIpc) is 2.55. The number of carbonyl (C=O) groups excluding carboxylic acids is 1. The fourth-order valence-electron chi connectivity index (χ4n) is 1.93. The van der Waals surface area contributed by atoms with Crippen LogP contribution in [0.15, 0.2) is 35.6 Å². The summed E-state index contributed by atoms with van der Waals surface area (Å²) in [5.74, 6) is 0.636. The Balaban J connectivity index is 1.85. The number of nitriles is 1. The summed E-state index contributed by atoms with van der Waals surface area (Å²) in [7, 11) is 0. The molecular weight excluding hydrogens is 310 g/mol. The highest BCUT2D eigenvalue weighted by molar-refractivity contribution is 7.99. The van der Waals surface area contributed by atoms with Crippen molar-refractivity contribution >= 4 is 29.2 Å². The van der Waals surface area contributed by atoms with E-state index in [4.69, 9.17) is 11.0 Å². The third kappa shape index (κ3) is 4.69.